The highest BCUT2D eigenvalue weighted by Gasteiger charge is 2.21. The number of H-pyrrole nitrogens is 1. The van der Waals surface area contributed by atoms with Gasteiger partial charge in [0.15, 0.2) is 9.84 Å². The zero-order valence-corrected chi connectivity index (χ0v) is 20.5. The molecule has 4 rings (SSSR count). The lowest BCUT2D eigenvalue weighted by Gasteiger charge is -2.09. The van der Waals surface area contributed by atoms with E-state index in [0.29, 0.717) is 29.1 Å². The molecule has 0 saturated heterocycles. The first kappa shape index (κ1) is 24.8. The number of nitrogens with zero attached hydrogens (tertiary/aromatic N) is 3. The number of amides is 1. The van der Waals surface area contributed by atoms with Crippen molar-refractivity contribution in [3.8, 4) is 11.8 Å². The first-order valence-electron chi connectivity index (χ1n) is 11.3. The molecule has 0 aliphatic carbocycles. The molecule has 10 heteroatoms. The summed E-state index contributed by atoms with van der Waals surface area (Å²) in [6, 6.07) is 13.1. The molecule has 184 valence electrons. The van der Waals surface area contributed by atoms with Gasteiger partial charge in [0, 0.05) is 48.4 Å². The van der Waals surface area contributed by atoms with E-state index in [9.17, 15) is 13.2 Å². The van der Waals surface area contributed by atoms with Crippen LogP contribution < -0.4 is 11.1 Å². The van der Waals surface area contributed by atoms with Crippen molar-refractivity contribution in [2.75, 3.05) is 12.3 Å². The summed E-state index contributed by atoms with van der Waals surface area (Å²) in [6.45, 7) is 0.468. The lowest BCUT2D eigenvalue weighted by molar-refractivity contribution is 0.0953. The molecule has 36 heavy (non-hydrogen) atoms. The Kier molecular flexibility index (Phi) is 7.51. The van der Waals surface area contributed by atoms with Crippen LogP contribution in [0.15, 0.2) is 72.0 Å². The molecule has 0 atom stereocenters. The summed E-state index contributed by atoms with van der Waals surface area (Å²) >= 11 is 0. The number of nitrogen functional groups attached to an aromatic ring is 1. The molecule has 0 fully saturated rings. The zero-order valence-electron chi connectivity index (χ0n) is 19.7. The molecule has 0 saturated carbocycles. The minimum atomic E-state index is -3.77. The highest BCUT2D eigenvalue weighted by Crippen LogP contribution is 2.22. The third-order valence-corrected chi connectivity index (χ3v) is 7.12. The first-order valence-corrected chi connectivity index (χ1v) is 12.9. The van der Waals surface area contributed by atoms with Crippen LogP contribution in [-0.4, -0.2) is 40.8 Å². The van der Waals surface area contributed by atoms with Crippen molar-refractivity contribution in [3.63, 3.8) is 0 Å². The molecule has 0 bridgehead atoms. The van der Waals surface area contributed by atoms with Gasteiger partial charge < -0.3 is 11.1 Å². The predicted molar refractivity (Wildman–Crippen MR) is 137 cm³/mol. The fourth-order valence-electron chi connectivity index (χ4n) is 3.57. The van der Waals surface area contributed by atoms with E-state index >= 15 is 0 Å². The Bertz CT molecular complexity index is 1510. The Labute approximate surface area is 209 Å². The Morgan fingerprint density at radius 1 is 1.14 bits per heavy atom. The molecular formula is C26H26N6O3S. The van der Waals surface area contributed by atoms with Crippen LogP contribution in [0.4, 0.5) is 5.69 Å². The van der Waals surface area contributed by atoms with Crippen molar-refractivity contribution >= 4 is 21.4 Å². The van der Waals surface area contributed by atoms with Crippen LogP contribution in [-0.2, 0) is 29.1 Å². The van der Waals surface area contributed by atoms with E-state index < -0.39 is 9.84 Å². The Morgan fingerprint density at radius 2 is 1.94 bits per heavy atom. The van der Waals surface area contributed by atoms with Crippen LogP contribution in [0, 0.1) is 11.8 Å². The Balaban J connectivity index is 1.58. The van der Waals surface area contributed by atoms with Gasteiger partial charge in [-0.25, -0.2) is 8.42 Å². The monoisotopic (exact) mass is 502 g/mol. The third kappa shape index (κ3) is 6.40. The molecule has 0 aliphatic rings. The number of nitrogens with one attached hydrogen (secondary N) is 2. The molecule has 4 aromatic rings. The number of nitrogens with two attached hydrogens (primary N) is 1. The van der Waals surface area contributed by atoms with E-state index in [0.717, 1.165) is 18.4 Å². The summed E-state index contributed by atoms with van der Waals surface area (Å²) in [5, 5.41) is 13.7. The van der Waals surface area contributed by atoms with Crippen molar-refractivity contribution in [1.82, 2.24) is 25.3 Å². The van der Waals surface area contributed by atoms with E-state index in [1.807, 2.05) is 6.20 Å². The summed E-state index contributed by atoms with van der Waals surface area (Å²) in [6.07, 6.45) is 6.77. The number of aromatic nitrogens is 4. The van der Waals surface area contributed by atoms with Gasteiger partial charge in [0.05, 0.1) is 22.5 Å². The maximum absolute atomic E-state index is 13.3. The van der Waals surface area contributed by atoms with Crippen molar-refractivity contribution < 1.29 is 13.2 Å². The van der Waals surface area contributed by atoms with Crippen LogP contribution >= 0.6 is 0 Å². The topological polar surface area (TPSA) is 136 Å². The quantitative estimate of drug-likeness (QED) is 0.192. The van der Waals surface area contributed by atoms with Gasteiger partial charge in [-0.05, 0) is 66.9 Å². The number of carbonyl (C=O) groups excluding carboxylic acids is 1. The van der Waals surface area contributed by atoms with Crippen LogP contribution in [0.5, 0.6) is 0 Å². The number of rotatable bonds is 8. The van der Waals surface area contributed by atoms with E-state index in [1.54, 1.807) is 54.5 Å². The van der Waals surface area contributed by atoms with Gasteiger partial charge in [-0.2, -0.15) is 10.2 Å². The number of anilines is 1. The molecule has 2 aromatic heterocycles. The summed E-state index contributed by atoms with van der Waals surface area (Å²) in [7, 11) is -2.04. The van der Waals surface area contributed by atoms with Crippen molar-refractivity contribution in [2.45, 2.75) is 23.5 Å². The summed E-state index contributed by atoms with van der Waals surface area (Å²) in [4.78, 5) is 12.8. The lowest BCUT2D eigenvalue weighted by Crippen LogP contribution is -2.25. The van der Waals surface area contributed by atoms with E-state index in [2.05, 4.69) is 32.5 Å². The van der Waals surface area contributed by atoms with Gasteiger partial charge in [-0.1, -0.05) is 11.8 Å². The number of aromatic amines is 1. The molecule has 0 spiro atoms. The second kappa shape index (κ2) is 10.9. The number of aryl methyl sites for hydroxylation is 2. The highest BCUT2D eigenvalue weighted by atomic mass is 32.2. The molecule has 0 unspecified atom stereocenters. The van der Waals surface area contributed by atoms with E-state index in [1.165, 1.54) is 18.2 Å². The van der Waals surface area contributed by atoms with Crippen LogP contribution in [0.3, 0.4) is 0 Å². The van der Waals surface area contributed by atoms with Crippen LogP contribution in [0.25, 0.3) is 0 Å². The molecule has 2 heterocycles. The molecule has 0 radical (unpaired) electrons. The van der Waals surface area contributed by atoms with Crippen molar-refractivity contribution in [3.05, 3.63) is 95.1 Å². The molecular weight excluding hydrogens is 476 g/mol. The minimum Gasteiger partial charge on any atom is -0.399 e. The Morgan fingerprint density at radius 3 is 2.64 bits per heavy atom. The van der Waals surface area contributed by atoms with Crippen molar-refractivity contribution in [2.24, 2.45) is 7.05 Å². The maximum atomic E-state index is 13.3. The number of hydrogen-bond donors (Lipinski definition) is 3. The fourth-order valence-corrected chi connectivity index (χ4v) is 4.99. The fraction of sp³-hybridized carbons (Fsp3) is 0.192. The molecule has 9 nitrogen and oxygen atoms in total. The normalized spacial score (nSPS) is 11.0. The van der Waals surface area contributed by atoms with Crippen molar-refractivity contribution in [1.29, 1.82) is 0 Å². The van der Waals surface area contributed by atoms with Gasteiger partial charge in [0.1, 0.15) is 0 Å². The SMILES string of the molecule is Cn1ccc(CS(=O)(=O)c2ccc(C(=O)NCCCc3cn[nH]c3)cc2C#Cc2ccc(N)cc2)n1. The van der Waals surface area contributed by atoms with Gasteiger partial charge in [-0.3, -0.25) is 14.6 Å². The molecule has 0 aliphatic heterocycles. The molecule has 1 amide bonds. The smallest absolute Gasteiger partial charge is 0.251 e. The lowest BCUT2D eigenvalue weighted by atomic mass is 10.1. The molecule has 2 aromatic carbocycles. The largest absolute Gasteiger partial charge is 0.399 e. The number of sulfone groups is 1. The second-order valence-corrected chi connectivity index (χ2v) is 10.2. The van der Waals surface area contributed by atoms with Gasteiger partial charge >= 0.3 is 0 Å². The zero-order chi connectivity index (χ0) is 25.5. The number of benzene rings is 2. The maximum Gasteiger partial charge on any atom is 0.251 e. The Hall–Kier alpha value is -4.36. The third-order valence-electron chi connectivity index (χ3n) is 5.42. The summed E-state index contributed by atoms with van der Waals surface area (Å²) < 4.78 is 28.0. The standard InChI is InChI=1S/C26H26N6O3S/c1-32-14-12-24(31-32)18-36(34,35)25-11-8-22(26(33)28-13-2-3-20-16-29-30-17-20)15-21(25)7-4-19-5-9-23(27)10-6-19/h5-6,8-12,14-17H,2-3,13,18,27H2,1H3,(H,28,33)(H,29,30). The van der Waals surface area contributed by atoms with Gasteiger partial charge in [-0.15, -0.1) is 0 Å². The van der Waals surface area contributed by atoms with Gasteiger partial charge in [0.2, 0.25) is 0 Å². The highest BCUT2D eigenvalue weighted by molar-refractivity contribution is 7.90. The summed E-state index contributed by atoms with van der Waals surface area (Å²) in [5.41, 5.74) is 9.07. The van der Waals surface area contributed by atoms with E-state index in [-0.39, 0.29) is 22.1 Å². The first-order chi connectivity index (χ1) is 17.3. The second-order valence-electron chi connectivity index (χ2n) is 8.29. The van der Waals surface area contributed by atoms with Gasteiger partial charge in [0.25, 0.3) is 5.91 Å². The average molecular weight is 503 g/mol. The minimum absolute atomic E-state index is 0.0487. The van der Waals surface area contributed by atoms with E-state index in [4.69, 9.17) is 5.73 Å². The van der Waals surface area contributed by atoms with Crippen LogP contribution in [0.1, 0.15) is 39.2 Å². The van der Waals surface area contributed by atoms with Crippen LogP contribution in [0.2, 0.25) is 0 Å². The number of carbonyl (C=O) groups is 1. The number of hydrogen-bond acceptors (Lipinski definition) is 6. The average Bonchev–Trinajstić information content (AvgIpc) is 3.52. The summed E-state index contributed by atoms with van der Waals surface area (Å²) in [5.74, 6) is 5.34. The molecule has 4 N–H and O–H groups in total. The predicted octanol–water partition coefficient (Wildman–Crippen LogP) is 2.46.